The fourth-order valence-corrected chi connectivity index (χ4v) is 4.48. The standard InChI is InChI=1S/C15H22N4OS.ClH/c1-10(21-15(16)17)6-18-7-11-5-12(9-18)13-3-2-4-14(20)19(13)8-11;/h2-4,10-12H,5-9H2,1H3,(H3,16,17);1H/p-1. The zero-order chi connectivity index (χ0) is 15.0. The number of pyridine rings is 1. The van der Waals surface area contributed by atoms with Crippen molar-refractivity contribution in [1.29, 1.82) is 5.41 Å². The third kappa shape index (κ3) is 3.67. The van der Waals surface area contributed by atoms with Crippen LogP contribution in [0.1, 0.15) is 25.0 Å². The summed E-state index contributed by atoms with van der Waals surface area (Å²) in [6.45, 7) is 5.96. The Balaban J connectivity index is 0.00000176. The molecular weight excluding hydrogens is 320 g/mol. The van der Waals surface area contributed by atoms with Gasteiger partial charge in [0.05, 0.1) is 0 Å². The first-order valence-electron chi connectivity index (χ1n) is 7.45. The maximum Gasteiger partial charge on any atom is 0.250 e. The Hall–Kier alpha value is -0.980. The number of nitrogens with one attached hydrogen (secondary N) is 1. The van der Waals surface area contributed by atoms with Gasteiger partial charge in [0.15, 0.2) is 5.17 Å². The van der Waals surface area contributed by atoms with Gasteiger partial charge in [0.1, 0.15) is 0 Å². The topological polar surface area (TPSA) is 75.1 Å². The first-order chi connectivity index (χ1) is 10.0. The lowest BCUT2D eigenvalue weighted by atomic mass is 9.83. The minimum atomic E-state index is 0. The number of likely N-dealkylation sites (tertiary alicyclic amines) is 1. The maximum absolute atomic E-state index is 12.0. The van der Waals surface area contributed by atoms with E-state index in [2.05, 4.69) is 17.9 Å². The van der Waals surface area contributed by atoms with Crippen molar-refractivity contribution >= 4 is 16.9 Å². The number of hydrogen-bond acceptors (Lipinski definition) is 4. The second-order valence-electron chi connectivity index (χ2n) is 6.21. The van der Waals surface area contributed by atoms with Crippen LogP contribution in [-0.4, -0.2) is 39.5 Å². The lowest BCUT2D eigenvalue weighted by Gasteiger charge is -2.43. The van der Waals surface area contributed by atoms with Crippen molar-refractivity contribution in [3.05, 3.63) is 34.2 Å². The van der Waals surface area contributed by atoms with Crippen molar-refractivity contribution in [1.82, 2.24) is 9.47 Å². The zero-order valence-corrected chi connectivity index (χ0v) is 14.2. The predicted molar refractivity (Wildman–Crippen MR) is 87.0 cm³/mol. The summed E-state index contributed by atoms with van der Waals surface area (Å²) in [7, 11) is 0. The molecular formula is C15H22ClN4OS-. The van der Waals surface area contributed by atoms with E-state index >= 15 is 0 Å². The number of fused-ring (bicyclic) bond motifs is 4. The number of thioether (sulfide) groups is 1. The van der Waals surface area contributed by atoms with Crippen molar-refractivity contribution in [2.45, 2.75) is 31.1 Å². The first-order valence-corrected chi connectivity index (χ1v) is 8.33. The van der Waals surface area contributed by atoms with Crippen LogP contribution >= 0.6 is 11.8 Å². The van der Waals surface area contributed by atoms with E-state index in [1.165, 1.54) is 23.9 Å². The minimum Gasteiger partial charge on any atom is -1.00 e. The predicted octanol–water partition coefficient (Wildman–Crippen LogP) is -1.71. The van der Waals surface area contributed by atoms with Crippen LogP contribution in [0, 0.1) is 11.3 Å². The molecule has 3 heterocycles. The van der Waals surface area contributed by atoms with Crippen LogP contribution in [0.5, 0.6) is 0 Å². The van der Waals surface area contributed by atoms with Crippen molar-refractivity contribution < 1.29 is 12.4 Å². The van der Waals surface area contributed by atoms with E-state index in [1.54, 1.807) is 6.07 Å². The van der Waals surface area contributed by atoms with Gasteiger partial charge < -0.3 is 27.6 Å². The van der Waals surface area contributed by atoms with Crippen LogP contribution in [0.15, 0.2) is 23.0 Å². The number of halogens is 1. The van der Waals surface area contributed by atoms with Gasteiger partial charge in [0, 0.05) is 49.1 Å². The summed E-state index contributed by atoms with van der Waals surface area (Å²) in [5, 5.41) is 7.90. The molecule has 7 heteroatoms. The van der Waals surface area contributed by atoms with Gasteiger partial charge in [0.2, 0.25) is 0 Å². The Kier molecular flexibility index (Phi) is 5.58. The summed E-state index contributed by atoms with van der Waals surface area (Å²) in [5.41, 5.74) is 6.79. The summed E-state index contributed by atoms with van der Waals surface area (Å²) < 4.78 is 1.96. The summed E-state index contributed by atoms with van der Waals surface area (Å²) >= 11 is 1.43. The molecule has 0 amide bonds. The molecule has 5 nitrogen and oxygen atoms in total. The van der Waals surface area contributed by atoms with Gasteiger partial charge >= 0.3 is 0 Å². The van der Waals surface area contributed by atoms with Gasteiger partial charge in [-0.1, -0.05) is 24.8 Å². The molecule has 3 N–H and O–H groups in total. The average Bonchev–Trinajstić information content (AvgIpc) is 2.39. The number of nitrogens with two attached hydrogens (primary N) is 1. The highest BCUT2D eigenvalue weighted by molar-refractivity contribution is 8.14. The van der Waals surface area contributed by atoms with Crippen molar-refractivity contribution in [2.24, 2.45) is 11.7 Å². The number of rotatable bonds is 3. The van der Waals surface area contributed by atoms with Crippen LogP contribution in [0.4, 0.5) is 0 Å². The molecule has 1 aromatic rings. The molecule has 0 saturated carbocycles. The van der Waals surface area contributed by atoms with Crippen molar-refractivity contribution in [3.63, 3.8) is 0 Å². The molecule has 2 bridgehead atoms. The monoisotopic (exact) mass is 341 g/mol. The molecule has 3 rings (SSSR count). The van der Waals surface area contributed by atoms with Gasteiger partial charge in [-0.15, -0.1) is 0 Å². The molecule has 2 aliphatic heterocycles. The van der Waals surface area contributed by atoms with Crippen LogP contribution in [0.3, 0.4) is 0 Å². The summed E-state index contributed by atoms with van der Waals surface area (Å²) in [6.07, 6.45) is 1.19. The SMILES string of the molecule is CC(CN1CC2CC(C1)c1cccc(=O)n1C2)SC(=N)N.[Cl-]. The Morgan fingerprint density at radius 1 is 1.45 bits per heavy atom. The Bertz CT molecular complexity index is 605. The van der Waals surface area contributed by atoms with Crippen molar-refractivity contribution in [3.8, 4) is 0 Å². The number of amidine groups is 1. The molecule has 2 aliphatic rings. The Labute approximate surface area is 141 Å². The first kappa shape index (κ1) is 17.4. The minimum absolute atomic E-state index is 0. The molecule has 122 valence electrons. The van der Waals surface area contributed by atoms with Crippen LogP contribution < -0.4 is 23.7 Å². The molecule has 22 heavy (non-hydrogen) atoms. The van der Waals surface area contributed by atoms with E-state index in [-0.39, 0.29) is 23.1 Å². The molecule has 1 aromatic heterocycles. The fraction of sp³-hybridized carbons (Fsp3) is 0.600. The van der Waals surface area contributed by atoms with Gasteiger partial charge in [-0.2, -0.15) is 0 Å². The van der Waals surface area contributed by atoms with Crippen molar-refractivity contribution in [2.75, 3.05) is 19.6 Å². The third-order valence-corrected chi connectivity index (χ3v) is 5.20. The normalized spacial score (nSPS) is 25.0. The highest BCUT2D eigenvalue weighted by Gasteiger charge is 2.34. The average molecular weight is 342 g/mol. The number of piperidine rings is 1. The lowest BCUT2D eigenvalue weighted by Crippen LogP contribution is -3.00. The summed E-state index contributed by atoms with van der Waals surface area (Å²) in [6, 6.07) is 5.63. The molecule has 3 atom stereocenters. The van der Waals surface area contributed by atoms with Crippen LogP contribution in [-0.2, 0) is 6.54 Å². The quantitative estimate of drug-likeness (QED) is 0.507. The van der Waals surface area contributed by atoms with Crippen LogP contribution in [0.2, 0.25) is 0 Å². The van der Waals surface area contributed by atoms with E-state index in [0.29, 0.717) is 17.1 Å². The maximum atomic E-state index is 12.0. The van der Waals surface area contributed by atoms with Gasteiger partial charge in [-0.25, -0.2) is 0 Å². The highest BCUT2D eigenvalue weighted by atomic mass is 35.5. The van der Waals surface area contributed by atoms with E-state index in [4.69, 9.17) is 11.1 Å². The lowest BCUT2D eigenvalue weighted by molar-refractivity contribution is -0.00000481. The number of aromatic nitrogens is 1. The smallest absolute Gasteiger partial charge is 0.250 e. The Morgan fingerprint density at radius 3 is 2.95 bits per heavy atom. The molecule has 0 aliphatic carbocycles. The summed E-state index contributed by atoms with van der Waals surface area (Å²) in [5.74, 6) is 1.02. The zero-order valence-electron chi connectivity index (χ0n) is 12.7. The van der Waals surface area contributed by atoms with E-state index < -0.39 is 0 Å². The van der Waals surface area contributed by atoms with Crippen LogP contribution in [0.25, 0.3) is 0 Å². The molecule has 0 aromatic carbocycles. The van der Waals surface area contributed by atoms with E-state index in [9.17, 15) is 4.79 Å². The number of nitrogens with zero attached hydrogens (tertiary/aromatic N) is 2. The second kappa shape index (κ2) is 7.06. The molecule has 1 saturated heterocycles. The molecule has 0 radical (unpaired) electrons. The molecule has 3 unspecified atom stereocenters. The summed E-state index contributed by atoms with van der Waals surface area (Å²) in [4.78, 5) is 14.5. The second-order valence-corrected chi connectivity index (χ2v) is 7.69. The third-order valence-electron chi connectivity index (χ3n) is 4.40. The highest BCUT2D eigenvalue weighted by Crippen LogP contribution is 2.35. The Morgan fingerprint density at radius 2 is 2.23 bits per heavy atom. The van der Waals surface area contributed by atoms with E-state index in [1.807, 2.05) is 10.6 Å². The molecule has 1 fully saturated rings. The fourth-order valence-electron chi connectivity index (χ4n) is 3.76. The van der Waals surface area contributed by atoms with Gasteiger partial charge in [-0.05, 0) is 18.4 Å². The van der Waals surface area contributed by atoms with Gasteiger partial charge in [-0.3, -0.25) is 10.2 Å². The molecule has 0 spiro atoms. The largest absolute Gasteiger partial charge is 1.00 e. The number of hydrogen-bond donors (Lipinski definition) is 2. The van der Waals surface area contributed by atoms with Gasteiger partial charge in [0.25, 0.3) is 5.56 Å². The van der Waals surface area contributed by atoms with E-state index in [0.717, 1.165) is 26.2 Å².